The number of rotatable bonds is 4. The van der Waals surface area contributed by atoms with E-state index in [0.717, 1.165) is 5.56 Å². The predicted octanol–water partition coefficient (Wildman–Crippen LogP) is 6.40. The highest BCUT2D eigenvalue weighted by molar-refractivity contribution is 5.88. The SMILES string of the molecule is COc1ccccc1-c1c(C(F)(F)F)oc2c3c(ccc2c1=O)OCN(C(C)c1ccccc1)C3. The molecule has 0 aliphatic carbocycles. The van der Waals surface area contributed by atoms with E-state index in [0.29, 0.717) is 11.3 Å². The van der Waals surface area contributed by atoms with Crippen LogP contribution < -0.4 is 14.9 Å². The highest BCUT2D eigenvalue weighted by Gasteiger charge is 2.40. The average Bonchev–Trinajstić information content (AvgIpc) is 2.87. The molecule has 3 aromatic carbocycles. The maximum absolute atomic E-state index is 14.2. The van der Waals surface area contributed by atoms with Crippen molar-refractivity contribution in [1.29, 1.82) is 0 Å². The Morgan fingerprint density at radius 3 is 2.43 bits per heavy atom. The quantitative estimate of drug-likeness (QED) is 0.338. The molecule has 0 bridgehead atoms. The first kappa shape index (κ1) is 23.0. The van der Waals surface area contributed by atoms with Gasteiger partial charge in [-0.05, 0) is 30.7 Å². The number of nitrogens with zero attached hydrogens (tertiary/aromatic N) is 1. The van der Waals surface area contributed by atoms with Crippen LogP contribution in [0.3, 0.4) is 0 Å². The topological polar surface area (TPSA) is 51.9 Å². The number of hydrogen-bond donors (Lipinski definition) is 0. The first-order chi connectivity index (χ1) is 16.8. The summed E-state index contributed by atoms with van der Waals surface area (Å²) in [5, 5.41) is 0.0514. The van der Waals surface area contributed by atoms with Gasteiger partial charge in [0.2, 0.25) is 11.2 Å². The second-order valence-corrected chi connectivity index (χ2v) is 8.36. The lowest BCUT2D eigenvalue weighted by molar-refractivity contribution is -0.152. The standard InChI is InChI=1S/C27H22F3NO4/c1-16(17-8-4-3-5-9-17)31-14-20-22(34-15-31)13-12-19-24(32)23(18-10-6-7-11-21(18)33-2)26(27(28,29)30)35-25(19)20/h3-13,16H,14-15H2,1-2H3. The van der Waals surface area contributed by atoms with Gasteiger partial charge in [0, 0.05) is 18.2 Å². The van der Waals surface area contributed by atoms with E-state index >= 15 is 0 Å². The van der Waals surface area contributed by atoms with Gasteiger partial charge < -0.3 is 13.9 Å². The fourth-order valence-corrected chi connectivity index (χ4v) is 4.47. The molecular formula is C27H22F3NO4. The van der Waals surface area contributed by atoms with Crippen LogP contribution in [0.2, 0.25) is 0 Å². The predicted molar refractivity (Wildman–Crippen MR) is 125 cm³/mol. The molecule has 1 aliphatic heterocycles. The Hall–Kier alpha value is -3.78. The molecule has 0 amide bonds. The van der Waals surface area contributed by atoms with Crippen LogP contribution in [0.4, 0.5) is 13.2 Å². The Labute approximate surface area is 199 Å². The molecule has 1 aliphatic rings. The lowest BCUT2D eigenvalue weighted by atomic mass is 9.98. The summed E-state index contributed by atoms with van der Waals surface area (Å²) >= 11 is 0. The largest absolute Gasteiger partial charge is 0.496 e. The number of ether oxygens (including phenoxy) is 2. The highest BCUT2D eigenvalue weighted by atomic mass is 19.4. The van der Waals surface area contributed by atoms with Gasteiger partial charge in [-0.15, -0.1) is 0 Å². The zero-order valence-corrected chi connectivity index (χ0v) is 19.1. The summed E-state index contributed by atoms with van der Waals surface area (Å²) < 4.78 is 59.3. The normalized spacial score (nSPS) is 14.9. The monoisotopic (exact) mass is 481 g/mol. The van der Waals surface area contributed by atoms with Gasteiger partial charge >= 0.3 is 6.18 Å². The zero-order chi connectivity index (χ0) is 24.7. The minimum Gasteiger partial charge on any atom is -0.496 e. The molecule has 5 rings (SSSR count). The van der Waals surface area contributed by atoms with Crippen LogP contribution >= 0.6 is 0 Å². The summed E-state index contributed by atoms with van der Waals surface area (Å²) in [4.78, 5) is 15.5. The molecule has 0 saturated heterocycles. The number of halogens is 3. The summed E-state index contributed by atoms with van der Waals surface area (Å²) in [6, 6.07) is 18.8. The lowest BCUT2D eigenvalue weighted by Crippen LogP contribution is -2.34. The number of benzene rings is 3. The van der Waals surface area contributed by atoms with Gasteiger partial charge in [-0.25, -0.2) is 0 Å². The first-order valence-electron chi connectivity index (χ1n) is 11.0. The molecule has 1 aromatic heterocycles. The second kappa shape index (κ2) is 8.78. The Morgan fingerprint density at radius 2 is 1.71 bits per heavy atom. The molecule has 0 N–H and O–H groups in total. The van der Waals surface area contributed by atoms with Gasteiger partial charge in [-0.2, -0.15) is 13.2 Å². The van der Waals surface area contributed by atoms with Crippen molar-refractivity contribution in [3.05, 3.63) is 93.8 Å². The van der Waals surface area contributed by atoms with Crippen molar-refractivity contribution in [2.24, 2.45) is 0 Å². The number of alkyl halides is 3. The Morgan fingerprint density at radius 1 is 1.00 bits per heavy atom. The number of fused-ring (bicyclic) bond motifs is 3. The van der Waals surface area contributed by atoms with E-state index in [9.17, 15) is 18.0 Å². The van der Waals surface area contributed by atoms with Crippen LogP contribution in [0.5, 0.6) is 11.5 Å². The Balaban J connectivity index is 1.70. The number of methoxy groups -OCH3 is 1. The van der Waals surface area contributed by atoms with E-state index in [1.165, 1.54) is 25.3 Å². The van der Waals surface area contributed by atoms with Crippen molar-refractivity contribution < 1.29 is 27.1 Å². The van der Waals surface area contributed by atoms with Crippen LogP contribution in [0.15, 0.2) is 75.9 Å². The van der Waals surface area contributed by atoms with Crippen LogP contribution in [0, 0.1) is 0 Å². The van der Waals surface area contributed by atoms with Gasteiger partial charge in [-0.3, -0.25) is 9.69 Å². The molecule has 0 saturated carbocycles. The van der Waals surface area contributed by atoms with E-state index in [1.807, 2.05) is 42.2 Å². The first-order valence-corrected chi connectivity index (χ1v) is 11.0. The molecule has 1 unspecified atom stereocenters. The number of para-hydroxylation sites is 1. The summed E-state index contributed by atoms with van der Waals surface area (Å²) in [6.07, 6.45) is -4.90. The van der Waals surface area contributed by atoms with E-state index in [-0.39, 0.29) is 41.6 Å². The molecule has 0 fully saturated rings. The molecule has 1 atom stereocenters. The van der Waals surface area contributed by atoms with Gasteiger partial charge in [0.05, 0.1) is 23.6 Å². The Kier molecular flexibility index (Phi) is 5.76. The smallest absolute Gasteiger partial charge is 0.450 e. The van der Waals surface area contributed by atoms with E-state index in [2.05, 4.69) is 0 Å². The summed E-state index contributed by atoms with van der Waals surface area (Å²) in [7, 11) is 1.34. The summed E-state index contributed by atoms with van der Waals surface area (Å²) in [5.41, 5.74) is -0.0103. The van der Waals surface area contributed by atoms with E-state index in [1.54, 1.807) is 18.2 Å². The van der Waals surface area contributed by atoms with Gasteiger partial charge in [-0.1, -0.05) is 48.5 Å². The summed E-state index contributed by atoms with van der Waals surface area (Å²) in [5.74, 6) is -0.815. The molecule has 35 heavy (non-hydrogen) atoms. The van der Waals surface area contributed by atoms with Gasteiger partial charge in [0.15, 0.2) is 0 Å². The van der Waals surface area contributed by atoms with E-state index in [4.69, 9.17) is 13.9 Å². The van der Waals surface area contributed by atoms with Crippen molar-refractivity contribution in [3.63, 3.8) is 0 Å². The lowest BCUT2D eigenvalue weighted by Gasteiger charge is -2.34. The summed E-state index contributed by atoms with van der Waals surface area (Å²) in [6.45, 7) is 2.51. The van der Waals surface area contributed by atoms with Crippen molar-refractivity contribution in [2.45, 2.75) is 25.7 Å². The molecule has 8 heteroatoms. The van der Waals surface area contributed by atoms with Gasteiger partial charge in [0.1, 0.15) is 23.8 Å². The van der Waals surface area contributed by atoms with Crippen molar-refractivity contribution >= 4 is 11.0 Å². The third-order valence-electron chi connectivity index (χ3n) is 6.33. The van der Waals surface area contributed by atoms with Crippen LogP contribution in [0.25, 0.3) is 22.1 Å². The van der Waals surface area contributed by atoms with E-state index < -0.39 is 22.9 Å². The van der Waals surface area contributed by atoms with Crippen LogP contribution in [0.1, 0.15) is 29.9 Å². The molecule has 4 aromatic rings. The van der Waals surface area contributed by atoms with Crippen molar-refractivity contribution in [3.8, 4) is 22.6 Å². The van der Waals surface area contributed by atoms with Crippen LogP contribution in [-0.4, -0.2) is 18.7 Å². The minimum atomic E-state index is -4.90. The fraction of sp³-hybridized carbons (Fsp3) is 0.222. The van der Waals surface area contributed by atoms with Gasteiger partial charge in [0.25, 0.3) is 0 Å². The van der Waals surface area contributed by atoms with Crippen molar-refractivity contribution in [2.75, 3.05) is 13.8 Å². The minimum absolute atomic E-state index is 0.0197. The Bertz CT molecular complexity index is 1450. The molecule has 0 spiro atoms. The zero-order valence-electron chi connectivity index (χ0n) is 19.1. The fourth-order valence-electron chi connectivity index (χ4n) is 4.47. The maximum atomic E-state index is 14.2. The maximum Gasteiger partial charge on any atom is 0.450 e. The molecule has 2 heterocycles. The van der Waals surface area contributed by atoms with Crippen molar-refractivity contribution in [1.82, 2.24) is 4.90 Å². The molecule has 5 nitrogen and oxygen atoms in total. The third kappa shape index (κ3) is 4.04. The molecular weight excluding hydrogens is 459 g/mol. The second-order valence-electron chi connectivity index (χ2n) is 8.36. The highest BCUT2D eigenvalue weighted by Crippen LogP contribution is 2.42. The number of hydrogen-bond acceptors (Lipinski definition) is 5. The molecule has 180 valence electrons. The van der Waals surface area contributed by atoms with Crippen LogP contribution in [-0.2, 0) is 12.7 Å². The molecule has 0 radical (unpaired) electrons. The average molecular weight is 481 g/mol. The third-order valence-corrected chi connectivity index (χ3v) is 6.33.